The van der Waals surface area contributed by atoms with E-state index in [1.54, 1.807) is 24.5 Å². The number of benzene rings is 1. The number of morpholine rings is 1. The second-order valence-electron chi connectivity index (χ2n) is 6.70. The molecule has 28 heavy (non-hydrogen) atoms. The molecule has 0 bridgehead atoms. The Kier molecular flexibility index (Phi) is 4.14. The lowest BCUT2D eigenvalue weighted by molar-refractivity contribution is 0.122. The highest BCUT2D eigenvalue weighted by molar-refractivity contribution is 6.01. The molecule has 140 valence electrons. The molecule has 0 aliphatic carbocycles. The summed E-state index contributed by atoms with van der Waals surface area (Å²) in [6.07, 6.45) is 3.48. The minimum Gasteiger partial charge on any atom is -0.508 e. The fourth-order valence-corrected chi connectivity index (χ4v) is 3.59. The Balaban J connectivity index is 1.78. The van der Waals surface area contributed by atoms with E-state index in [9.17, 15) is 5.11 Å². The number of aromatic amines is 1. The molecule has 1 fully saturated rings. The Bertz CT molecular complexity index is 1120. The van der Waals surface area contributed by atoms with Crippen LogP contribution in [0, 0.1) is 0 Å². The number of phenolic OH excluding ortho intramolecular Hbond substituents is 1. The summed E-state index contributed by atoms with van der Waals surface area (Å²) in [5.41, 5.74) is 4.31. The molecule has 1 aromatic carbocycles. The van der Waals surface area contributed by atoms with Crippen LogP contribution >= 0.6 is 0 Å². The van der Waals surface area contributed by atoms with Gasteiger partial charge in [0.05, 0.1) is 18.9 Å². The predicted molar refractivity (Wildman–Crippen MR) is 107 cm³/mol. The molecule has 4 heterocycles. The molecule has 4 aromatic rings. The van der Waals surface area contributed by atoms with Gasteiger partial charge in [-0.1, -0.05) is 12.1 Å². The number of nitrogens with zero attached hydrogens (tertiary/aromatic N) is 4. The van der Waals surface area contributed by atoms with E-state index in [1.165, 1.54) is 0 Å². The van der Waals surface area contributed by atoms with Gasteiger partial charge < -0.3 is 14.7 Å². The van der Waals surface area contributed by atoms with Crippen molar-refractivity contribution in [3.8, 4) is 28.3 Å². The largest absolute Gasteiger partial charge is 0.508 e. The molecule has 0 spiro atoms. The van der Waals surface area contributed by atoms with Crippen molar-refractivity contribution in [2.24, 2.45) is 0 Å². The minimum atomic E-state index is 0.234. The van der Waals surface area contributed by atoms with Crippen LogP contribution in [0.5, 0.6) is 5.75 Å². The number of anilines is 1. The van der Waals surface area contributed by atoms with Crippen molar-refractivity contribution in [2.45, 2.75) is 0 Å². The number of pyridine rings is 2. The summed E-state index contributed by atoms with van der Waals surface area (Å²) < 4.78 is 5.49. The van der Waals surface area contributed by atoms with Gasteiger partial charge in [0.2, 0.25) is 0 Å². The molecule has 0 saturated carbocycles. The SMILES string of the molecule is Oc1cccc(-c2cc(N3CCOCC3)nc3c(-c4ccn[nH]4)nccc23)c1. The molecule has 3 aromatic heterocycles. The fourth-order valence-electron chi connectivity index (χ4n) is 3.59. The van der Waals surface area contributed by atoms with Crippen LogP contribution in [0.15, 0.2) is 54.9 Å². The van der Waals surface area contributed by atoms with Gasteiger partial charge in [0.15, 0.2) is 0 Å². The zero-order chi connectivity index (χ0) is 18.9. The van der Waals surface area contributed by atoms with E-state index >= 15 is 0 Å². The van der Waals surface area contributed by atoms with Crippen molar-refractivity contribution < 1.29 is 9.84 Å². The summed E-state index contributed by atoms with van der Waals surface area (Å²) in [5, 5.41) is 18.0. The Morgan fingerprint density at radius 2 is 1.93 bits per heavy atom. The molecular weight excluding hydrogens is 354 g/mol. The summed E-state index contributed by atoms with van der Waals surface area (Å²) in [6, 6.07) is 13.2. The van der Waals surface area contributed by atoms with Gasteiger partial charge in [0, 0.05) is 30.9 Å². The van der Waals surface area contributed by atoms with E-state index in [1.807, 2.05) is 24.3 Å². The van der Waals surface area contributed by atoms with E-state index in [2.05, 4.69) is 26.1 Å². The lowest BCUT2D eigenvalue weighted by Gasteiger charge is -2.28. The standard InChI is InChI=1S/C21H19N5O2/c27-15-3-1-2-14(12-15)17-13-19(26-8-10-28-11-9-26)24-20-16(17)4-6-22-21(20)18-5-7-23-25-18/h1-7,12-13,27H,8-11H2,(H,23,25). The molecule has 1 saturated heterocycles. The predicted octanol–water partition coefficient (Wildman–Crippen LogP) is 3.23. The summed E-state index contributed by atoms with van der Waals surface area (Å²) >= 11 is 0. The van der Waals surface area contributed by atoms with Crippen LogP contribution in [-0.2, 0) is 4.74 Å². The first-order valence-corrected chi connectivity index (χ1v) is 9.21. The van der Waals surface area contributed by atoms with Crippen LogP contribution in [0.2, 0.25) is 0 Å². The van der Waals surface area contributed by atoms with E-state index in [0.717, 1.165) is 52.3 Å². The first-order chi connectivity index (χ1) is 13.8. The maximum Gasteiger partial charge on any atom is 0.130 e. The Hall–Kier alpha value is -3.45. The van der Waals surface area contributed by atoms with Crippen LogP contribution in [0.1, 0.15) is 0 Å². The van der Waals surface area contributed by atoms with Crippen LogP contribution < -0.4 is 4.90 Å². The van der Waals surface area contributed by atoms with Gasteiger partial charge in [-0.15, -0.1) is 0 Å². The number of fused-ring (bicyclic) bond motifs is 1. The number of H-pyrrole nitrogens is 1. The van der Waals surface area contributed by atoms with Gasteiger partial charge in [-0.05, 0) is 41.5 Å². The number of nitrogens with one attached hydrogen (secondary N) is 1. The third-order valence-electron chi connectivity index (χ3n) is 4.96. The van der Waals surface area contributed by atoms with Crippen molar-refractivity contribution in [3.05, 3.63) is 54.9 Å². The first-order valence-electron chi connectivity index (χ1n) is 9.21. The lowest BCUT2D eigenvalue weighted by Crippen LogP contribution is -2.36. The van der Waals surface area contributed by atoms with Crippen LogP contribution in [0.4, 0.5) is 5.82 Å². The smallest absolute Gasteiger partial charge is 0.130 e. The molecule has 1 aliphatic heterocycles. The molecule has 0 radical (unpaired) electrons. The molecule has 7 heteroatoms. The highest BCUT2D eigenvalue weighted by Gasteiger charge is 2.18. The fraction of sp³-hybridized carbons (Fsp3) is 0.190. The van der Waals surface area contributed by atoms with E-state index < -0.39 is 0 Å². The number of rotatable bonds is 3. The summed E-state index contributed by atoms with van der Waals surface area (Å²) in [7, 11) is 0. The van der Waals surface area contributed by atoms with Crippen molar-refractivity contribution in [1.82, 2.24) is 20.2 Å². The molecule has 7 nitrogen and oxygen atoms in total. The second-order valence-corrected chi connectivity index (χ2v) is 6.70. The van der Waals surface area contributed by atoms with Crippen LogP contribution in [-0.4, -0.2) is 51.6 Å². The van der Waals surface area contributed by atoms with Crippen LogP contribution in [0.3, 0.4) is 0 Å². The third-order valence-corrected chi connectivity index (χ3v) is 4.96. The number of aromatic nitrogens is 4. The number of hydrogen-bond donors (Lipinski definition) is 2. The average Bonchev–Trinajstić information content (AvgIpc) is 3.28. The average molecular weight is 373 g/mol. The highest BCUT2D eigenvalue weighted by Crippen LogP contribution is 2.35. The zero-order valence-corrected chi connectivity index (χ0v) is 15.2. The maximum absolute atomic E-state index is 10.0. The lowest BCUT2D eigenvalue weighted by atomic mass is 10.00. The van der Waals surface area contributed by atoms with E-state index in [4.69, 9.17) is 9.72 Å². The van der Waals surface area contributed by atoms with Gasteiger partial charge in [-0.25, -0.2) is 4.98 Å². The highest BCUT2D eigenvalue weighted by atomic mass is 16.5. The normalized spacial score (nSPS) is 14.5. The molecule has 2 N–H and O–H groups in total. The maximum atomic E-state index is 10.0. The van der Waals surface area contributed by atoms with Crippen molar-refractivity contribution >= 4 is 16.7 Å². The molecular formula is C21H19N5O2. The number of hydrogen-bond acceptors (Lipinski definition) is 6. The molecule has 1 aliphatic rings. The first kappa shape index (κ1) is 16.7. The van der Waals surface area contributed by atoms with Gasteiger partial charge in [0.25, 0.3) is 0 Å². The van der Waals surface area contributed by atoms with Crippen LogP contribution in [0.25, 0.3) is 33.4 Å². The van der Waals surface area contributed by atoms with E-state index in [0.29, 0.717) is 13.2 Å². The summed E-state index contributed by atoms with van der Waals surface area (Å²) in [6.45, 7) is 2.94. The molecule has 0 unspecified atom stereocenters. The Labute approximate surface area is 161 Å². The second kappa shape index (κ2) is 6.94. The van der Waals surface area contributed by atoms with Crippen molar-refractivity contribution in [2.75, 3.05) is 31.2 Å². The quantitative estimate of drug-likeness (QED) is 0.573. The topological polar surface area (TPSA) is 87.2 Å². The summed E-state index contributed by atoms with van der Waals surface area (Å²) in [4.78, 5) is 11.7. The Morgan fingerprint density at radius 3 is 2.71 bits per heavy atom. The number of aromatic hydroxyl groups is 1. The van der Waals surface area contributed by atoms with Gasteiger partial charge >= 0.3 is 0 Å². The molecule has 0 amide bonds. The zero-order valence-electron chi connectivity index (χ0n) is 15.2. The van der Waals surface area contributed by atoms with Gasteiger partial charge in [-0.2, -0.15) is 5.10 Å². The Morgan fingerprint density at radius 1 is 1.04 bits per heavy atom. The number of phenols is 1. The summed E-state index contributed by atoms with van der Waals surface area (Å²) in [5.74, 6) is 1.11. The monoisotopic (exact) mass is 373 g/mol. The number of ether oxygens (including phenoxy) is 1. The molecule has 0 atom stereocenters. The van der Waals surface area contributed by atoms with Crippen molar-refractivity contribution in [1.29, 1.82) is 0 Å². The third kappa shape index (κ3) is 2.95. The minimum absolute atomic E-state index is 0.234. The van der Waals surface area contributed by atoms with Gasteiger partial charge in [-0.3, -0.25) is 10.1 Å². The van der Waals surface area contributed by atoms with Crippen molar-refractivity contribution in [3.63, 3.8) is 0 Å². The molecule has 5 rings (SSSR count). The van der Waals surface area contributed by atoms with E-state index in [-0.39, 0.29) is 5.75 Å². The van der Waals surface area contributed by atoms with Gasteiger partial charge in [0.1, 0.15) is 22.8 Å².